The van der Waals surface area contributed by atoms with Crippen LogP contribution in [0.4, 0.5) is 15.9 Å². The Labute approximate surface area is 171 Å². The molecule has 29 heavy (non-hydrogen) atoms. The second-order valence-corrected chi connectivity index (χ2v) is 7.98. The third kappa shape index (κ3) is 5.64. The number of anilines is 2. The Kier molecular flexibility index (Phi) is 6.27. The Morgan fingerprint density at radius 1 is 1.00 bits per heavy atom. The molecule has 4 nitrogen and oxygen atoms in total. The van der Waals surface area contributed by atoms with Crippen LogP contribution < -0.4 is 10.6 Å². The molecule has 0 saturated carbocycles. The molecule has 0 radical (unpaired) electrons. The topological polar surface area (TPSA) is 54.0 Å². The van der Waals surface area contributed by atoms with Gasteiger partial charge in [-0.1, -0.05) is 51.1 Å². The van der Waals surface area contributed by atoms with Crippen LogP contribution in [0.25, 0.3) is 0 Å². The van der Waals surface area contributed by atoms with Gasteiger partial charge in [-0.2, -0.15) is 0 Å². The lowest BCUT2D eigenvalue weighted by Gasteiger charge is -2.19. The molecule has 0 aliphatic rings. The average Bonchev–Trinajstić information content (AvgIpc) is 2.70. The number of pyridine rings is 1. The summed E-state index contributed by atoms with van der Waals surface area (Å²) in [7, 11) is 0. The molecule has 150 valence electrons. The number of rotatable bonds is 6. The van der Waals surface area contributed by atoms with E-state index in [2.05, 4.69) is 36.4 Å². The van der Waals surface area contributed by atoms with Crippen molar-refractivity contribution in [2.24, 2.45) is 0 Å². The van der Waals surface area contributed by atoms with E-state index in [0.29, 0.717) is 35.6 Å². The first-order chi connectivity index (χ1) is 13.8. The molecular formula is C24H26FN3O. The second-order valence-electron chi connectivity index (χ2n) is 7.98. The zero-order chi connectivity index (χ0) is 20.9. The smallest absolute Gasteiger partial charge is 0.255 e. The van der Waals surface area contributed by atoms with E-state index in [9.17, 15) is 9.18 Å². The standard InChI is InChI=1S/C24H26FN3O/c1-24(2,3)19-10-8-18(9-11-19)23(29)28-20-12-13-22(27-16-20)26-15-14-17-6-4-5-7-21(17)25/h4-13,16H,14-15H2,1-3H3,(H,26,27)(H,28,29). The third-order valence-electron chi connectivity index (χ3n) is 4.69. The Bertz CT molecular complexity index is 961. The van der Waals surface area contributed by atoms with E-state index < -0.39 is 0 Å². The maximum atomic E-state index is 13.6. The van der Waals surface area contributed by atoms with Crippen LogP contribution in [-0.2, 0) is 11.8 Å². The molecule has 0 aliphatic heterocycles. The summed E-state index contributed by atoms with van der Waals surface area (Å²) < 4.78 is 13.6. The zero-order valence-electron chi connectivity index (χ0n) is 17.0. The van der Waals surface area contributed by atoms with Gasteiger partial charge in [0.05, 0.1) is 11.9 Å². The van der Waals surface area contributed by atoms with Crippen LogP contribution in [0.5, 0.6) is 0 Å². The fourth-order valence-corrected chi connectivity index (χ4v) is 2.92. The molecule has 2 N–H and O–H groups in total. The van der Waals surface area contributed by atoms with Crippen molar-refractivity contribution >= 4 is 17.4 Å². The molecular weight excluding hydrogens is 365 g/mol. The number of halogens is 1. The molecule has 0 bridgehead atoms. The van der Waals surface area contributed by atoms with Crippen molar-refractivity contribution in [3.8, 4) is 0 Å². The lowest BCUT2D eigenvalue weighted by atomic mass is 9.87. The number of amides is 1. The maximum Gasteiger partial charge on any atom is 0.255 e. The molecule has 3 aromatic rings. The Morgan fingerprint density at radius 2 is 1.72 bits per heavy atom. The van der Waals surface area contributed by atoms with Crippen molar-refractivity contribution < 1.29 is 9.18 Å². The predicted molar refractivity (Wildman–Crippen MR) is 116 cm³/mol. The number of hydrogen-bond acceptors (Lipinski definition) is 3. The third-order valence-corrected chi connectivity index (χ3v) is 4.69. The minimum atomic E-state index is -0.198. The highest BCUT2D eigenvalue weighted by Gasteiger charge is 2.14. The van der Waals surface area contributed by atoms with Gasteiger partial charge >= 0.3 is 0 Å². The second kappa shape index (κ2) is 8.86. The van der Waals surface area contributed by atoms with Crippen molar-refractivity contribution in [2.75, 3.05) is 17.2 Å². The summed E-state index contributed by atoms with van der Waals surface area (Å²) in [5.74, 6) is 0.303. The molecule has 0 aliphatic carbocycles. The van der Waals surface area contributed by atoms with E-state index in [-0.39, 0.29) is 17.1 Å². The lowest BCUT2D eigenvalue weighted by molar-refractivity contribution is 0.102. The highest BCUT2D eigenvalue weighted by atomic mass is 19.1. The number of aromatic nitrogens is 1. The minimum Gasteiger partial charge on any atom is -0.370 e. The predicted octanol–water partition coefficient (Wildman–Crippen LogP) is 5.43. The van der Waals surface area contributed by atoms with Gasteiger partial charge in [0.1, 0.15) is 11.6 Å². The van der Waals surface area contributed by atoms with Gasteiger partial charge in [-0.3, -0.25) is 4.79 Å². The summed E-state index contributed by atoms with van der Waals surface area (Å²) in [5, 5.41) is 6.02. The van der Waals surface area contributed by atoms with Gasteiger partial charge in [0.2, 0.25) is 0 Å². The molecule has 0 spiro atoms. The molecule has 2 aromatic carbocycles. The van der Waals surface area contributed by atoms with Crippen LogP contribution in [0.2, 0.25) is 0 Å². The summed E-state index contributed by atoms with van der Waals surface area (Å²) in [6.07, 6.45) is 2.17. The zero-order valence-corrected chi connectivity index (χ0v) is 17.0. The number of benzene rings is 2. The molecule has 0 fully saturated rings. The van der Waals surface area contributed by atoms with E-state index >= 15 is 0 Å². The van der Waals surface area contributed by atoms with Crippen molar-refractivity contribution in [2.45, 2.75) is 32.6 Å². The Balaban J connectivity index is 1.53. The largest absolute Gasteiger partial charge is 0.370 e. The van der Waals surface area contributed by atoms with Crippen LogP contribution in [-0.4, -0.2) is 17.4 Å². The minimum absolute atomic E-state index is 0.0496. The maximum absolute atomic E-state index is 13.6. The van der Waals surface area contributed by atoms with E-state index in [1.165, 1.54) is 11.6 Å². The SMILES string of the molecule is CC(C)(C)c1ccc(C(=O)Nc2ccc(NCCc3ccccc3F)nc2)cc1. The number of nitrogens with one attached hydrogen (secondary N) is 2. The van der Waals surface area contributed by atoms with E-state index in [4.69, 9.17) is 0 Å². The van der Waals surface area contributed by atoms with Gasteiger partial charge in [0.25, 0.3) is 5.91 Å². The quantitative estimate of drug-likeness (QED) is 0.589. The van der Waals surface area contributed by atoms with Crippen molar-refractivity contribution in [1.82, 2.24) is 4.98 Å². The molecule has 1 amide bonds. The van der Waals surface area contributed by atoms with Gasteiger partial charge < -0.3 is 10.6 Å². The molecule has 3 rings (SSSR count). The van der Waals surface area contributed by atoms with Crippen LogP contribution in [0, 0.1) is 5.82 Å². The number of carbonyl (C=O) groups is 1. The van der Waals surface area contributed by atoms with Crippen LogP contribution in [0.1, 0.15) is 42.3 Å². The molecule has 0 saturated heterocycles. The van der Waals surface area contributed by atoms with Gasteiger partial charge in [0, 0.05) is 12.1 Å². The van der Waals surface area contributed by atoms with E-state index in [0.717, 1.165) is 0 Å². The first kappa shape index (κ1) is 20.5. The van der Waals surface area contributed by atoms with Gasteiger partial charge in [-0.15, -0.1) is 0 Å². The monoisotopic (exact) mass is 391 g/mol. The average molecular weight is 391 g/mol. The highest BCUT2D eigenvalue weighted by Crippen LogP contribution is 2.22. The number of hydrogen-bond donors (Lipinski definition) is 2. The lowest BCUT2D eigenvalue weighted by Crippen LogP contribution is -2.14. The molecule has 5 heteroatoms. The van der Waals surface area contributed by atoms with E-state index in [1.807, 2.05) is 30.3 Å². The Hall–Kier alpha value is -3.21. The van der Waals surface area contributed by atoms with Crippen molar-refractivity contribution in [3.63, 3.8) is 0 Å². The van der Waals surface area contributed by atoms with E-state index in [1.54, 1.807) is 30.5 Å². The highest BCUT2D eigenvalue weighted by molar-refractivity contribution is 6.04. The Morgan fingerprint density at radius 3 is 2.34 bits per heavy atom. The fraction of sp³-hybridized carbons (Fsp3) is 0.250. The number of carbonyl (C=O) groups excluding carboxylic acids is 1. The molecule has 1 aromatic heterocycles. The summed E-state index contributed by atoms with van der Waals surface area (Å²) in [6.45, 7) is 6.98. The summed E-state index contributed by atoms with van der Waals surface area (Å²) in [6, 6.07) is 18.0. The first-order valence-electron chi connectivity index (χ1n) is 9.68. The van der Waals surface area contributed by atoms with Gasteiger partial charge in [-0.05, 0) is 53.3 Å². The van der Waals surface area contributed by atoms with Crippen molar-refractivity contribution in [1.29, 1.82) is 0 Å². The van der Waals surface area contributed by atoms with Gasteiger partial charge in [0.15, 0.2) is 0 Å². The van der Waals surface area contributed by atoms with Crippen LogP contribution in [0.15, 0.2) is 66.9 Å². The number of nitrogens with zero attached hydrogens (tertiary/aromatic N) is 1. The summed E-state index contributed by atoms with van der Waals surface area (Å²) in [4.78, 5) is 16.7. The van der Waals surface area contributed by atoms with Crippen LogP contribution in [0.3, 0.4) is 0 Å². The van der Waals surface area contributed by atoms with Crippen molar-refractivity contribution in [3.05, 3.63) is 89.4 Å². The summed E-state index contributed by atoms with van der Waals surface area (Å²) in [5.41, 5.74) is 3.12. The van der Waals surface area contributed by atoms with Crippen LogP contribution >= 0.6 is 0 Å². The molecule has 0 unspecified atom stereocenters. The molecule has 0 atom stereocenters. The molecule has 1 heterocycles. The summed E-state index contributed by atoms with van der Waals surface area (Å²) >= 11 is 0. The normalized spacial score (nSPS) is 11.2. The fourth-order valence-electron chi connectivity index (χ4n) is 2.92. The van der Waals surface area contributed by atoms with Gasteiger partial charge in [-0.25, -0.2) is 9.37 Å². The first-order valence-corrected chi connectivity index (χ1v) is 9.68.